The second-order valence-electron chi connectivity index (χ2n) is 7.42. The largest absolute Gasteiger partial charge is 0.337 e. The van der Waals surface area contributed by atoms with Gasteiger partial charge in [-0.25, -0.2) is 4.68 Å². The third kappa shape index (κ3) is 3.63. The number of benzene rings is 2. The Balaban J connectivity index is 1.81. The maximum absolute atomic E-state index is 13.2. The first-order chi connectivity index (χ1) is 13.9. The number of aromatic nitrogens is 2. The summed E-state index contributed by atoms with van der Waals surface area (Å²) >= 11 is 0. The lowest BCUT2D eigenvalue weighted by molar-refractivity contribution is -0.384. The second kappa shape index (κ2) is 7.50. The van der Waals surface area contributed by atoms with Crippen molar-refractivity contribution in [1.82, 2.24) is 14.7 Å². The molecule has 0 saturated carbocycles. The summed E-state index contributed by atoms with van der Waals surface area (Å²) in [4.78, 5) is 25.5. The summed E-state index contributed by atoms with van der Waals surface area (Å²) < 4.78 is 1.70. The van der Waals surface area contributed by atoms with Crippen molar-refractivity contribution in [3.8, 4) is 16.9 Å². The minimum Gasteiger partial charge on any atom is -0.337 e. The number of rotatable bonds is 4. The predicted octanol–water partition coefficient (Wildman–Crippen LogP) is 4.30. The first kappa shape index (κ1) is 18.9. The van der Waals surface area contributed by atoms with Gasteiger partial charge in [0, 0.05) is 30.8 Å². The molecule has 3 aromatic rings. The van der Waals surface area contributed by atoms with Crippen LogP contribution in [0.1, 0.15) is 34.5 Å². The number of nitrogens with zero attached hydrogens (tertiary/aromatic N) is 4. The number of hydrogen-bond donors (Lipinski definition) is 0. The lowest BCUT2D eigenvalue weighted by atomic mass is 10.1. The van der Waals surface area contributed by atoms with E-state index in [9.17, 15) is 14.9 Å². The van der Waals surface area contributed by atoms with Gasteiger partial charge in [-0.05, 0) is 56.5 Å². The minimum absolute atomic E-state index is 0.0240. The van der Waals surface area contributed by atoms with Crippen LogP contribution in [0.25, 0.3) is 16.9 Å². The third-order valence-electron chi connectivity index (χ3n) is 5.28. The first-order valence-electron chi connectivity index (χ1n) is 9.66. The van der Waals surface area contributed by atoms with Crippen molar-refractivity contribution in [3.05, 3.63) is 75.5 Å². The van der Waals surface area contributed by atoms with Crippen LogP contribution in [-0.2, 0) is 0 Å². The number of nitro groups is 1. The molecular formula is C22H22N4O3. The molecule has 148 valence electrons. The molecule has 7 heteroatoms. The van der Waals surface area contributed by atoms with Crippen molar-refractivity contribution in [1.29, 1.82) is 0 Å². The zero-order chi connectivity index (χ0) is 20.5. The number of hydrogen-bond acceptors (Lipinski definition) is 4. The quantitative estimate of drug-likeness (QED) is 0.491. The fourth-order valence-corrected chi connectivity index (χ4v) is 3.74. The number of likely N-dealkylation sites (tertiary alicyclic amines) is 1. The van der Waals surface area contributed by atoms with Gasteiger partial charge in [-0.15, -0.1) is 0 Å². The van der Waals surface area contributed by atoms with Crippen LogP contribution in [0.5, 0.6) is 0 Å². The Kier molecular flexibility index (Phi) is 4.88. The van der Waals surface area contributed by atoms with Crippen LogP contribution in [0.4, 0.5) is 5.69 Å². The molecule has 1 saturated heterocycles. The van der Waals surface area contributed by atoms with E-state index in [0.717, 1.165) is 48.3 Å². The van der Waals surface area contributed by atoms with E-state index in [2.05, 4.69) is 6.07 Å². The van der Waals surface area contributed by atoms with E-state index in [-0.39, 0.29) is 11.6 Å². The molecule has 0 N–H and O–H groups in total. The molecule has 7 nitrogen and oxygen atoms in total. The van der Waals surface area contributed by atoms with Gasteiger partial charge in [0.25, 0.3) is 11.6 Å². The number of amides is 1. The van der Waals surface area contributed by atoms with E-state index >= 15 is 0 Å². The van der Waals surface area contributed by atoms with Crippen LogP contribution < -0.4 is 0 Å². The van der Waals surface area contributed by atoms with Crippen molar-refractivity contribution < 1.29 is 9.72 Å². The number of carbonyl (C=O) groups excluding carboxylic acids is 1. The molecule has 0 aliphatic carbocycles. The Morgan fingerprint density at radius 1 is 1.03 bits per heavy atom. The minimum atomic E-state index is -0.430. The molecule has 2 aromatic carbocycles. The van der Waals surface area contributed by atoms with Crippen LogP contribution in [0.2, 0.25) is 0 Å². The van der Waals surface area contributed by atoms with Crippen molar-refractivity contribution in [2.24, 2.45) is 0 Å². The second-order valence-corrected chi connectivity index (χ2v) is 7.42. The molecular weight excluding hydrogens is 368 g/mol. The molecule has 0 unspecified atom stereocenters. The van der Waals surface area contributed by atoms with Crippen LogP contribution in [-0.4, -0.2) is 38.6 Å². The van der Waals surface area contributed by atoms with Crippen LogP contribution in [0.3, 0.4) is 0 Å². The normalized spacial score (nSPS) is 13.7. The first-order valence-corrected chi connectivity index (χ1v) is 9.66. The van der Waals surface area contributed by atoms with Gasteiger partial charge >= 0.3 is 0 Å². The Labute approximate surface area is 168 Å². The van der Waals surface area contributed by atoms with Crippen molar-refractivity contribution in [3.63, 3.8) is 0 Å². The number of aryl methyl sites for hydroxylation is 2. The fourth-order valence-electron chi connectivity index (χ4n) is 3.74. The molecule has 1 aromatic heterocycles. The lowest BCUT2D eigenvalue weighted by Crippen LogP contribution is -2.29. The zero-order valence-corrected chi connectivity index (χ0v) is 16.5. The maximum atomic E-state index is 13.2. The Bertz CT molecular complexity index is 1080. The van der Waals surface area contributed by atoms with E-state index in [0.29, 0.717) is 11.4 Å². The summed E-state index contributed by atoms with van der Waals surface area (Å²) in [5.74, 6) is -0.0388. The molecule has 2 heterocycles. The highest BCUT2D eigenvalue weighted by atomic mass is 16.6. The van der Waals surface area contributed by atoms with E-state index in [1.165, 1.54) is 12.1 Å². The summed E-state index contributed by atoms with van der Waals surface area (Å²) in [5.41, 5.74) is 4.90. The standard InChI is InChI=1S/C22H22N4O3/c1-15-5-10-20(16(2)13-15)25-21(22(27)24-11-3-4-12-24)14-19(23-25)17-6-8-18(9-7-17)26(28)29/h5-10,13-14H,3-4,11-12H2,1-2H3. The van der Waals surface area contributed by atoms with Crippen molar-refractivity contribution >= 4 is 11.6 Å². The summed E-state index contributed by atoms with van der Waals surface area (Å²) in [7, 11) is 0. The fraction of sp³-hybridized carbons (Fsp3) is 0.273. The number of carbonyl (C=O) groups is 1. The van der Waals surface area contributed by atoms with Crippen LogP contribution in [0.15, 0.2) is 48.5 Å². The molecule has 1 fully saturated rings. The monoisotopic (exact) mass is 390 g/mol. The molecule has 1 aliphatic rings. The highest BCUT2D eigenvalue weighted by Gasteiger charge is 2.25. The molecule has 0 bridgehead atoms. The van der Waals surface area contributed by atoms with Crippen molar-refractivity contribution in [2.75, 3.05) is 13.1 Å². The van der Waals surface area contributed by atoms with Gasteiger partial charge in [0.2, 0.25) is 0 Å². The smallest absolute Gasteiger partial charge is 0.272 e. The van der Waals surface area contributed by atoms with Gasteiger partial charge in [-0.1, -0.05) is 17.7 Å². The van der Waals surface area contributed by atoms with Crippen molar-refractivity contribution in [2.45, 2.75) is 26.7 Å². The predicted molar refractivity (Wildman–Crippen MR) is 110 cm³/mol. The average Bonchev–Trinajstić information content (AvgIpc) is 3.38. The SMILES string of the molecule is Cc1ccc(-n2nc(-c3ccc([N+](=O)[O-])cc3)cc2C(=O)N2CCCC2)c(C)c1. The Morgan fingerprint density at radius 2 is 1.72 bits per heavy atom. The summed E-state index contributed by atoms with van der Waals surface area (Å²) in [5, 5.41) is 15.6. The molecule has 0 radical (unpaired) electrons. The van der Waals surface area contributed by atoms with Crippen LogP contribution >= 0.6 is 0 Å². The molecule has 4 rings (SSSR count). The maximum Gasteiger partial charge on any atom is 0.272 e. The average molecular weight is 390 g/mol. The van der Waals surface area contributed by atoms with Gasteiger partial charge in [0.1, 0.15) is 5.69 Å². The zero-order valence-electron chi connectivity index (χ0n) is 16.5. The third-order valence-corrected chi connectivity index (χ3v) is 5.28. The van der Waals surface area contributed by atoms with E-state index in [4.69, 9.17) is 5.10 Å². The Hall–Kier alpha value is -3.48. The number of non-ortho nitro benzene ring substituents is 1. The Morgan fingerprint density at radius 3 is 2.34 bits per heavy atom. The highest BCUT2D eigenvalue weighted by molar-refractivity contribution is 5.94. The molecule has 1 aliphatic heterocycles. The molecule has 0 atom stereocenters. The summed E-state index contributed by atoms with van der Waals surface area (Å²) in [6, 6.07) is 14.0. The van der Waals surface area contributed by atoms with Crippen LogP contribution in [0, 0.1) is 24.0 Å². The topological polar surface area (TPSA) is 81.3 Å². The van der Waals surface area contributed by atoms with Gasteiger partial charge in [-0.2, -0.15) is 5.10 Å². The van der Waals surface area contributed by atoms with Gasteiger partial charge in [-0.3, -0.25) is 14.9 Å². The molecule has 0 spiro atoms. The summed E-state index contributed by atoms with van der Waals surface area (Å²) in [6.45, 7) is 5.53. The van der Waals surface area contributed by atoms with Gasteiger partial charge < -0.3 is 4.90 Å². The van der Waals surface area contributed by atoms with Gasteiger partial charge in [0.05, 0.1) is 16.3 Å². The van der Waals surface area contributed by atoms with E-state index < -0.39 is 4.92 Å². The lowest BCUT2D eigenvalue weighted by Gasteiger charge is -2.17. The van der Waals surface area contributed by atoms with E-state index in [1.54, 1.807) is 22.9 Å². The highest BCUT2D eigenvalue weighted by Crippen LogP contribution is 2.27. The van der Waals surface area contributed by atoms with E-state index in [1.807, 2.05) is 30.9 Å². The number of nitro benzene ring substituents is 1. The molecule has 29 heavy (non-hydrogen) atoms. The van der Waals surface area contributed by atoms with Gasteiger partial charge in [0.15, 0.2) is 0 Å². The molecule has 1 amide bonds. The summed E-state index contributed by atoms with van der Waals surface area (Å²) in [6.07, 6.45) is 2.03.